The van der Waals surface area contributed by atoms with E-state index >= 15 is 0 Å². The molecule has 0 spiro atoms. The van der Waals surface area contributed by atoms with Crippen LogP contribution in [-0.2, 0) is 9.53 Å². The molecular weight excluding hydrogens is 306 g/mol. The van der Waals surface area contributed by atoms with Gasteiger partial charge in [-0.3, -0.25) is 4.79 Å². The number of likely N-dealkylation sites (tertiary alicyclic amines) is 1. The summed E-state index contributed by atoms with van der Waals surface area (Å²) in [6, 6.07) is -0.447. The van der Waals surface area contributed by atoms with Crippen LogP contribution in [0.15, 0.2) is 0 Å². The van der Waals surface area contributed by atoms with Crippen LogP contribution >= 0.6 is 0 Å². The molecule has 140 valence electrons. The minimum Gasteiger partial charge on any atom is -0.444 e. The molecular formula is C18H35N3O3. The summed E-state index contributed by atoms with van der Waals surface area (Å²) in [4.78, 5) is 28.3. The van der Waals surface area contributed by atoms with Crippen molar-refractivity contribution in [2.75, 3.05) is 26.2 Å². The van der Waals surface area contributed by atoms with Gasteiger partial charge in [-0.1, -0.05) is 13.8 Å². The summed E-state index contributed by atoms with van der Waals surface area (Å²) in [5.41, 5.74) is 5.51. The first-order chi connectivity index (χ1) is 11.0. The molecule has 0 saturated carbocycles. The van der Waals surface area contributed by atoms with Crippen LogP contribution in [0.2, 0.25) is 0 Å². The van der Waals surface area contributed by atoms with E-state index in [2.05, 4.69) is 0 Å². The van der Waals surface area contributed by atoms with Crippen LogP contribution in [0, 0.1) is 11.8 Å². The number of carbonyl (C=O) groups is 2. The summed E-state index contributed by atoms with van der Waals surface area (Å²) in [5.74, 6) is 0.427. The summed E-state index contributed by atoms with van der Waals surface area (Å²) >= 11 is 0. The fourth-order valence-corrected chi connectivity index (χ4v) is 2.88. The zero-order valence-corrected chi connectivity index (χ0v) is 16.2. The van der Waals surface area contributed by atoms with Crippen molar-refractivity contribution in [3.8, 4) is 0 Å². The molecule has 6 nitrogen and oxygen atoms in total. The molecule has 2 amide bonds. The predicted molar refractivity (Wildman–Crippen MR) is 95.6 cm³/mol. The number of carbonyl (C=O) groups excluding carboxylic acids is 2. The van der Waals surface area contributed by atoms with Gasteiger partial charge in [0.1, 0.15) is 5.60 Å². The topological polar surface area (TPSA) is 75.9 Å². The van der Waals surface area contributed by atoms with Crippen molar-refractivity contribution in [1.82, 2.24) is 9.80 Å². The van der Waals surface area contributed by atoms with Gasteiger partial charge in [-0.25, -0.2) is 4.79 Å². The first-order valence-corrected chi connectivity index (χ1v) is 9.07. The lowest BCUT2D eigenvalue weighted by atomic mass is 9.95. The molecule has 6 heteroatoms. The minimum atomic E-state index is -0.497. The van der Waals surface area contributed by atoms with Gasteiger partial charge in [-0.05, 0) is 52.4 Å². The van der Waals surface area contributed by atoms with Gasteiger partial charge in [0, 0.05) is 26.2 Å². The lowest BCUT2D eigenvalue weighted by molar-refractivity contribution is -0.135. The van der Waals surface area contributed by atoms with Crippen LogP contribution in [0.5, 0.6) is 0 Å². The monoisotopic (exact) mass is 341 g/mol. The van der Waals surface area contributed by atoms with Gasteiger partial charge in [-0.2, -0.15) is 0 Å². The number of ether oxygens (including phenoxy) is 1. The molecule has 2 N–H and O–H groups in total. The Bertz CT molecular complexity index is 432. The van der Waals surface area contributed by atoms with Gasteiger partial charge in [-0.15, -0.1) is 0 Å². The SMILES string of the molecule is CCN(CC1CCCN(C(=O)C(N)C(C)C)C1)C(=O)OC(C)(C)C. The van der Waals surface area contributed by atoms with E-state index in [1.165, 1.54) is 0 Å². The maximum atomic E-state index is 12.5. The van der Waals surface area contributed by atoms with Crippen molar-refractivity contribution in [2.24, 2.45) is 17.6 Å². The fourth-order valence-electron chi connectivity index (χ4n) is 2.88. The fraction of sp³-hybridized carbons (Fsp3) is 0.889. The highest BCUT2D eigenvalue weighted by molar-refractivity contribution is 5.82. The Labute approximate surface area is 146 Å². The quantitative estimate of drug-likeness (QED) is 0.833. The molecule has 0 aromatic carbocycles. The van der Waals surface area contributed by atoms with Crippen molar-refractivity contribution in [1.29, 1.82) is 0 Å². The predicted octanol–water partition coefficient (Wildman–Crippen LogP) is 2.47. The lowest BCUT2D eigenvalue weighted by Crippen LogP contribution is -2.51. The van der Waals surface area contributed by atoms with Crippen molar-refractivity contribution >= 4 is 12.0 Å². The van der Waals surface area contributed by atoms with Gasteiger partial charge in [0.25, 0.3) is 0 Å². The Balaban J connectivity index is 2.63. The van der Waals surface area contributed by atoms with Gasteiger partial charge < -0.3 is 20.3 Å². The molecule has 24 heavy (non-hydrogen) atoms. The second kappa shape index (κ2) is 8.70. The Hall–Kier alpha value is -1.30. The molecule has 2 atom stereocenters. The summed E-state index contributed by atoms with van der Waals surface area (Å²) in [6.45, 7) is 14.1. The molecule has 0 aromatic rings. The average Bonchev–Trinajstić information content (AvgIpc) is 2.49. The summed E-state index contributed by atoms with van der Waals surface area (Å²) in [7, 11) is 0. The van der Waals surface area contributed by atoms with E-state index in [0.29, 0.717) is 19.6 Å². The largest absolute Gasteiger partial charge is 0.444 e. The molecule has 0 aliphatic carbocycles. The van der Waals surface area contributed by atoms with E-state index < -0.39 is 11.6 Å². The molecule has 1 rings (SSSR count). The van der Waals surface area contributed by atoms with E-state index in [-0.39, 0.29) is 23.8 Å². The van der Waals surface area contributed by atoms with Crippen LogP contribution in [0.25, 0.3) is 0 Å². The van der Waals surface area contributed by atoms with Crippen molar-refractivity contribution < 1.29 is 14.3 Å². The summed E-state index contributed by atoms with van der Waals surface area (Å²) in [5, 5.41) is 0. The molecule has 1 aliphatic rings. The zero-order chi connectivity index (χ0) is 18.5. The van der Waals surface area contributed by atoms with Gasteiger partial charge in [0.05, 0.1) is 6.04 Å². The van der Waals surface area contributed by atoms with E-state index in [1.54, 1.807) is 4.90 Å². The Morgan fingerprint density at radius 1 is 1.33 bits per heavy atom. The van der Waals surface area contributed by atoms with E-state index in [1.807, 2.05) is 46.4 Å². The highest BCUT2D eigenvalue weighted by Crippen LogP contribution is 2.20. The maximum Gasteiger partial charge on any atom is 0.410 e. The normalized spacial score (nSPS) is 20.0. The number of nitrogens with two attached hydrogens (primary N) is 1. The highest BCUT2D eigenvalue weighted by Gasteiger charge is 2.30. The molecule has 0 radical (unpaired) electrons. The minimum absolute atomic E-state index is 0.0232. The smallest absolute Gasteiger partial charge is 0.410 e. The van der Waals surface area contributed by atoms with E-state index in [9.17, 15) is 9.59 Å². The number of amides is 2. The number of piperidine rings is 1. The molecule has 0 aromatic heterocycles. The van der Waals surface area contributed by atoms with E-state index in [4.69, 9.17) is 10.5 Å². The van der Waals surface area contributed by atoms with Crippen LogP contribution < -0.4 is 5.73 Å². The first-order valence-electron chi connectivity index (χ1n) is 9.07. The molecule has 1 heterocycles. The third-order valence-electron chi connectivity index (χ3n) is 4.35. The second-order valence-corrected chi connectivity index (χ2v) is 8.08. The Morgan fingerprint density at radius 3 is 2.46 bits per heavy atom. The van der Waals surface area contributed by atoms with Crippen LogP contribution in [0.1, 0.15) is 54.4 Å². The third-order valence-corrected chi connectivity index (χ3v) is 4.35. The standard InChI is InChI=1S/C18H35N3O3/c1-7-20(17(23)24-18(4,5)6)11-14-9-8-10-21(12-14)16(22)15(19)13(2)3/h13-15H,7-12,19H2,1-6H3. The van der Waals surface area contributed by atoms with Crippen LogP contribution in [-0.4, -0.2) is 59.6 Å². The Kier molecular flexibility index (Phi) is 7.52. The van der Waals surface area contributed by atoms with Crippen molar-refractivity contribution in [3.05, 3.63) is 0 Å². The van der Waals surface area contributed by atoms with Crippen molar-refractivity contribution in [2.45, 2.75) is 66.0 Å². The summed E-state index contributed by atoms with van der Waals surface area (Å²) in [6.07, 6.45) is 1.68. The number of hydrogen-bond acceptors (Lipinski definition) is 4. The molecule has 1 saturated heterocycles. The highest BCUT2D eigenvalue weighted by atomic mass is 16.6. The molecule has 1 aliphatic heterocycles. The average molecular weight is 341 g/mol. The van der Waals surface area contributed by atoms with Gasteiger partial charge >= 0.3 is 6.09 Å². The number of rotatable bonds is 5. The second-order valence-electron chi connectivity index (χ2n) is 8.08. The Morgan fingerprint density at radius 2 is 1.96 bits per heavy atom. The molecule has 2 unspecified atom stereocenters. The molecule has 0 bridgehead atoms. The van der Waals surface area contributed by atoms with Gasteiger partial charge in [0.2, 0.25) is 5.91 Å². The van der Waals surface area contributed by atoms with Gasteiger partial charge in [0.15, 0.2) is 0 Å². The lowest BCUT2D eigenvalue weighted by Gasteiger charge is -2.37. The number of nitrogens with zero attached hydrogens (tertiary/aromatic N) is 2. The first kappa shape index (κ1) is 20.7. The maximum absolute atomic E-state index is 12.5. The zero-order valence-electron chi connectivity index (χ0n) is 16.2. The number of hydrogen-bond donors (Lipinski definition) is 1. The third kappa shape index (κ3) is 6.30. The van der Waals surface area contributed by atoms with Crippen LogP contribution in [0.4, 0.5) is 4.79 Å². The van der Waals surface area contributed by atoms with E-state index in [0.717, 1.165) is 19.4 Å². The van der Waals surface area contributed by atoms with Crippen LogP contribution in [0.3, 0.4) is 0 Å². The molecule has 1 fully saturated rings. The van der Waals surface area contributed by atoms with Crippen molar-refractivity contribution in [3.63, 3.8) is 0 Å². The summed E-state index contributed by atoms with van der Waals surface area (Å²) < 4.78 is 5.46.